The molecule has 0 aromatic carbocycles. The molecule has 3 aromatic heterocycles. The maximum atomic E-state index is 12.8. The predicted molar refractivity (Wildman–Crippen MR) is 112 cm³/mol. The Morgan fingerprint density at radius 1 is 1.37 bits per heavy atom. The minimum absolute atomic E-state index is 0.225. The maximum absolute atomic E-state index is 12.8. The van der Waals surface area contributed by atoms with Gasteiger partial charge in [0.25, 0.3) is 5.56 Å². The summed E-state index contributed by atoms with van der Waals surface area (Å²) >= 11 is 0. The highest BCUT2D eigenvalue weighted by atomic mass is 16.5. The van der Waals surface area contributed by atoms with Gasteiger partial charge in [-0.3, -0.25) is 9.48 Å². The fraction of sp³-hybridized carbons (Fsp3) is 0.429. The average molecular weight is 410 g/mol. The van der Waals surface area contributed by atoms with Crippen molar-refractivity contribution in [3.8, 4) is 11.3 Å². The number of hydrogen-bond acceptors (Lipinski definition) is 7. The molecule has 4 rings (SSSR count). The van der Waals surface area contributed by atoms with Crippen LogP contribution in [0.2, 0.25) is 0 Å². The summed E-state index contributed by atoms with van der Waals surface area (Å²) in [5.41, 5.74) is 3.07. The van der Waals surface area contributed by atoms with Crippen LogP contribution in [0.4, 0.5) is 5.95 Å². The Kier molecular flexibility index (Phi) is 5.91. The molecule has 1 saturated heterocycles. The number of nitrogens with one attached hydrogen (secondary N) is 2. The van der Waals surface area contributed by atoms with E-state index in [1.165, 1.54) is 0 Å². The first kappa shape index (κ1) is 20.2. The van der Waals surface area contributed by atoms with E-state index in [0.29, 0.717) is 22.8 Å². The molecule has 4 heterocycles. The van der Waals surface area contributed by atoms with Crippen molar-refractivity contribution in [2.45, 2.75) is 31.7 Å². The Labute approximate surface area is 174 Å². The number of aromatic amines is 1. The molecule has 0 radical (unpaired) electrons. The fourth-order valence-electron chi connectivity index (χ4n) is 3.95. The van der Waals surface area contributed by atoms with E-state index in [4.69, 9.17) is 4.74 Å². The molecular formula is C21H26N6O3. The van der Waals surface area contributed by atoms with Crippen LogP contribution >= 0.6 is 0 Å². The van der Waals surface area contributed by atoms with E-state index in [-0.39, 0.29) is 18.2 Å². The van der Waals surface area contributed by atoms with Gasteiger partial charge in [-0.15, -0.1) is 0 Å². The minimum atomic E-state index is -0.530. The van der Waals surface area contributed by atoms with Crippen molar-refractivity contribution in [2.24, 2.45) is 7.05 Å². The summed E-state index contributed by atoms with van der Waals surface area (Å²) in [6.45, 7) is 3.10. The van der Waals surface area contributed by atoms with Crippen LogP contribution in [0.5, 0.6) is 0 Å². The van der Waals surface area contributed by atoms with Crippen LogP contribution in [0.25, 0.3) is 11.3 Å². The number of aromatic nitrogens is 5. The number of nitrogens with zero attached hydrogens (tertiary/aromatic N) is 4. The molecule has 3 N–H and O–H groups in total. The highest BCUT2D eigenvalue weighted by Crippen LogP contribution is 2.30. The van der Waals surface area contributed by atoms with E-state index in [1.54, 1.807) is 23.1 Å². The van der Waals surface area contributed by atoms with Crippen LogP contribution in [0.3, 0.4) is 0 Å². The Balaban J connectivity index is 1.73. The van der Waals surface area contributed by atoms with Gasteiger partial charge >= 0.3 is 0 Å². The Bertz CT molecular complexity index is 1070. The number of H-pyrrole nitrogens is 1. The summed E-state index contributed by atoms with van der Waals surface area (Å²) < 4.78 is 7.10. The lowest BCUT2D eigenvalue weighted by molar-refractivity contribution is 0.0903. The zero-order chi connectivity index (χ0) is 21.1. The zero-order valence-electron chi connectivity index (χ0n) is 17.1. The molecule has 1 aliphatic heterocycles. The molecule has 3 aromatic rings. The van der Waals surface area contributed by atoms with Crippen molar-refractivity contribution < 1.29 is 9.84 Å². The summed E-state index contributed by atoms with van der Waals surface area (Å²) in [4.78, 5) is 24.6. The molecular weight excluding hydrogens is 384 g/mol. The van der Waals surface area contributed by atoms with E-state index in [9.17, 15) is 9.90 Å². The first-order chi connectivity index (χ1) is 14.6. The second-order valence-corrected chi connectivity index (χ2v) is 7.50. The van der Waals surface area contributed by atoms with Crippen LogP contribution < -0.4 is 10.9 Å². The molecule has 0 amide bonds. The van der Waals surface area contributed by atoms with Gasteiger partial charge in [0, 0.05) is 55.5 Å². The van der Waals surface area contributed by atoms with Crippen LogP contribution in [0.1, 0.15) is 35.7 Å². The van der Waals surface area contributed by atoms with Gasteiger partial charge in [-0.05, 0) is 38.0 Å². The lowest BCUT2D eigenvalue weighted by Gasteiger charge is -2.23. The second-order valence-electron chi connectivity index (χ2n) is 7.50. The topological polar surface area (TPSA) is 118 Å². The number of pyridine rings is 1. The van der Waals surface area contributed by atoms with E-state index in [2.05, 4.69) is 25.4 Å². The van der Waals surface area contributed by atoms with Crippen molar-refractivity contribution in [3.05, 3.63) is 57.9 Å². The number of rotatable bonds is 6. The second kappa shape index (κ2) is 8.76. The molecule has 0 saturated carbocycles. The van der Waals surface area contributed by atoms with Crippen molar-refractivity contribution in [1.82, 2.24) is 24.7 Å². The summed E-state index contributed by atoms with van der Waals surface area (Å²) in [6, 6.07) is 5.73. The lowest BCUT2D eigenvalue weighted by Crippen LogP contribution is -2.28. The highest BCUT2D eigenvalue weighted by Gasteiger charge is 2.25. The van der Waals surface area contributed by atoms with E-state index in [1.807, 2.05) is 26.1 Å². The van der Waals surface area contributed by atoms with Crippen molar-refractivity contribution in [3.63, 3.8) is 0 Å². The lowest BCUT2D eigenvalue weighted by atomic mass is 9.91. The molecule has 1 fully saturated rings. The SMILES string of the molecule is Cc1cc([C@@H](CO)c2c(-c3ccnc(NC4CCOCC4)n3)cc[nH]c2=O)n(C)n1. The van der Waals surface area contributed by atoms with Crippen LogP contribution in [-0.2, 0) is 11.8 Å². The summed E-state index contributed by atoms with van der Waals surface area (Å²) in [5.74, 6) is -0.0134. The third-order valence-corrected chi connectivity index (χ3v) is 5.41. The molecule has 0 unspecified atom stereocenters. The number of anilines is 1. The van der Waals surface area contributed by atoms with E-state index < -0.39 is 5.92 Å². The fourth-order valence-corrected chi connectivity index (χ4v) is 3.95. The molecule has 9 nitrogen and oxygen atoms in total. The largest absolute Gasteiger partial charge is 0.395 e. The molecule has 158 valence electrons. The van der Waals surface area contributed by atoms with Crippen LogP contribution in [0, 0.1) is 6.92 Å². The normalized spacial score (nSPS) is 15.8. The van der Waals surface area contributed by atoms with Gasteiger partial charge in [-0.1, -0.05) is 0 Å². The van der Waals surface area contributed by atoms with Crippen molar-refractivity contribution in [2.75, 3.05) is 25.1 Å². The van der Waals surface area contributed by atoms with E-state index in [0.717, 1.165) is 37.4 Å². The van der Waals surface area contributed by atoms with Gasteiger partial charge in [0.2, 0.25) is 5.95 Å². The van der Waals surface area contributed by atoms with Gasteiger partial charge in [0.05, 0.1) is 23.9 Å². The van der Waals surface area contributed by atoms with Crippen molar-refractivity contribution >= 4 is 5.95 Å². The number of aliphatic hydroxyl groups is 1. The molecule has 0 bridgehead atoms. The molecule has 30 heavy (non-hydrogen) atoms. The van der Waals surface area contributed by atoms with Crippen molar-refractivity contribution in [1.29, 1.82) is 0 Å². The summed E-state index contributed by atoms with van der Waals surface area (Å²) in [7, 11) is 1.81. The number of ether oxygens (including phenoxy) is 1. The monoisotopic (exact) mass is 410 g/mol. The summed E-state index contributed by atoms with van der Waals surface area (Å²) in [6.07, 6.45) is 5.07. The van der Waals surface area contributed by atoms with Crippen LogP contribution in [-0.4, -0.2) is 55.7 Å². The smallest absolute Gasteiger partial charge is 0.252 e. The van der Waals surface area contributed by atoms with Gasteiger partial charge in [-0.2, -0.15) is 5.10 Å². The summed E-state index contributed by atoms with van der Waals surface area (Å²) in [5, 5.41) is 17.9. The van der Waals surface area contributed by atoms with Crippen LogP contribution in [0.15, 0.2) is 35.4 Å². The maximum Gasteiger partial charge on any atom is 0.252 e. The molecule has 0 spiro atoms. The Hall–Kier alpha value is -3.04. The number of aliphatic hydroxyl groups excluding tert-OH is 1. The third kappa shape index (κ3) is 4.12. The number of aryl methyl sites for hydroxylation is 2. The average Bonchev–Trinajstić information content (AvgIpc) is 3.08. The third-order valence-electron chi connectivity index (χ3n) is 5.41. The Morgan fingerprint density at radius 2 is 2.17 bits per heavy atom. The first-order valence-electron chi connectivity index (χ1n) is 10.1. The first-order valence-corrected chi connectivity index (χ1v) is 10.1. The van der Waals surface area contributed by atoms with Gasteiger partial charge < -0.3 is 20.1 Å². The predicted octanol–water partition coefficient (Wildman–Crippen LogP) is 1.59. The quantitative estimate of drug-likeness (QED) is 0.565. The minimum Gasteiger partial charge on any atom is -0.395 e. The molecule has 9 heteroatoms. The van der Waals surface area contributed by atoms with Gasteiger partial charge in [-0.25, -0.2) is 9.97 Å². The number of hydrogen-bond donors (Lipinski definition) is 3. The van der Waals surface area contributed by atoms with Gasteiger partial charge in [0.15, 0.2) is 0 Å². The zero-order valence-corrected chi connectivity index (χ0v) is 17.1. The molecule has 1 atom stereocenters. The molecule has 0 aliphatic carbocycles. The standard InChI is InChI=1S/C21H26N6O3/c1-13-11-18(27(2)26-13)16(12-28)19-15(3-7-22-20(19)29)17-4-8-23-21(25-17)24-14-5-9-30-10-6-14/h3-4,7-8,11,14,16,28H,5-6,9-10,12H2,1-2H3,(H,22,29)(H,23,24,25)/t16-/m1/s1. The Morgan fingerprint density at radius 3 is 2.87 bits per heavy atom. The van der Waals surface area contributed by atoms with E-state index >= 15 is 0 Å². The highest BCUT2D eigenvalue weighted by molar-refractivity contribution is 5.65. The van der Waals surface area contributed by atoms with Gasteiger partial charge in [0.1, 0.15) is 0 Å². The molecule has 1 aliphatic rings.